The Bertz CT molecular complexity index is 914. The maximum atomic E-state index is 12.5. The summed E-state index contributed by atoms with van der Waals surface area (Å²) in [5.74, 6) is -0.138. The number of carbonyl (C=O) groups excluding carboxylic acids is 2. The maximum absolute atomic E-state index is 12.5. The van der Waals surface area contributed by atoms with Crippen LogP contribution < -0.4 is 0 Å². The number of ether oxygens (including phenoxy) is 2. The highest BCUT2D eigenvalue weighted by Gasteiger charge is 2.31. The third-order valence-electron chi connectivity index (χ3n) is 6.21. The molecule has 1 aromatic carbocycles. The second-order valence-corrected chi connectivity index (χ2v) is 9.46. The predicted molar refractivity (Wildman–Crippen MR) is 131 cm³/mol. The molecule has 0 saturated heterocycles. The third-order valence-corrected chi connectivity index (χ3v) is 6.21. The van der Waals surface area contributed by atoms with Crippen LogP contribution in [0.25, 0.3) is 5.57 Å². The number of fused-ring (bicyclic) bond motifs is 1. The van der Waals surface area contributed by atoms with Crippen molar-refractivity contribution >= 4 is 17.5 Å². The largest absolute Gasteiger partial charge is 0.466 e. The molecule has 6 nitrogen and oxygen atoms in total. The van der Waals surface area contributed by atoms with E-state index in [1.807, 2.05) is 68.5 Å². The van der Waals surface area contributed by atoms with Gasteiger partial charge in [0.1, 0.15) is 6.10 Å². The predicted octanol–water partition coefficient (Wildman–Crippen LogP) is 4.37. The van der Waals surface area contributed by atoms with Crippen molar-refractivity contribution in [2.24, 2.45) is 11.8 Å². The number of hydrogen-bond acceptors (Lipinski definition) is 6. The lowest BCUT2D eigenvalue weighted by Crippen LogP contribution is -2.30. The minimum absolute atomic E-state index is 0.00678. The van der Waals surface area contributed by atoms with Crippen LogP contribution in [-0.2, 0) is 19.1 Å². The lowest BCUT2D eigenvalue weighted by atomic mass is 9.87. The molecule has 0 fully saturated rings. The van der Waals surface area contributed by atoms with Gasteiger partial charge in [-0.25, -0.2) is 4.79 Å². The molecule has 2 aliphatic rings. The summed E-state index contributed by atoms with van der Waals surface area (Å²) in [4.78, 5) is 24.1. The molecule has 0 aromatic heterocycles. The zero-order valence-electron chi connectivity index (χ0n) is 20.1. The first-order chi connectivity index (χ1) is 16.3. The summed E-state index contributed by atoms with van der Waals surface area (Å²) in [6.07, 6.45) is 9.09. The van der Waals surface area contributed by atoms with Crippen molar-refractivity contribution < 1.29 is 29.3 Å². The molecule has 0 saturated carbocycles. The molecule has 4 atom stereocenters. The summed E-state index contributed by atoms with van der Waals surface area (Å²) in [6.45, 7) is 4.20. The Kier molecular flexibility index (Phi) is 9.66. The Labute approximate surface area is 202 Å². The van der Waals surface area contributed by atoms with Crippen molar-refractivity contribution in [2.75, 3.05) is 6.61 Å². The van der Waals surface area contributed by atoms with Crippen LogP contribution in [0.5, 0.6) is 0 Å². The number of esters is 2. The molecular weight excluding hydrogens is 432 g/mol. The highest BCUT2D eigenvalue weighted by Crippen LogP contribution is 2.32. The standard InChI is InChI=1S/C28H36O6/c1-19(2)11-14-27(31)33-16-15-25(30)24(29)10-6-7-20-12-13-22-18-23(21-8-4-3-5-9-21)28(32)34-26(22)17-20/h3-5,8-9,12-13,17-19,22,24-26,29-30H,6-7,10-11,14-16H2,1-2H3. The number of allylic oxidation sites excluding steroid dienone is 2. The van der Waals surface area contributed by atoms with E-state index in [4.69, 9.17) is 9.47 Å². The number of rotatable bonds is 12. The molecule has 6 heteroatoms. The molecule has 184 valence electrons. The Morgan fingerprint density at radius 3 is 2.53 bits per heavy atom. The van der Waals surface area contributed by atoms with E-state index < -0.39 is 12.2 Å². The van der Waals surface area contributed by atoms with E-state index in [2.05, 4.69) is 0 Å². The lowest BCUT2D eigenvalue weighted by Gasteiger charge is -2.29. The van der Waals surface area contributed by atoms with Crippen molar-refractivity contribution in [3.63, 3.8) is 0 Å². The van der Waals surface area contributed by atoms with E-state index in [-0.39, 0.29) is 37.0 Å². The number of carbonyl (C=O) groups is 2. The molecule has 34 heavy (non-hydrogen) atoms. The summed E-state index contributed by atoms with van der Waals surface area (Å²) in [7, 11) is 0. The van der Waals surface area contributed by atoms with Gasteiger partial charge in [-0.2, -0.15) is 0 Å². The molecule has 3 rings (SSSR count). The first-order valence-corrected chi connectivity index (χ1v) is 12.2. The van der Waals surface area contributed by atoms with Gasteiger partial charge in [-0.3, -0.25) is 4.79 Å². The smallest absolute Gasteiger partial charge is 0.339 e. The van der Waals surface area contributed by atoms with Crippen molar-refractivity contribution in [1.29, 1.82) is 0 Å². The second-order valence-electron chi connectivity index (χ2n) is 9.46. The molecule has 4 unspecified atom stereocenters. The lowest BCUT2D eigenvalue weighted by molar-refractivity contribution is -0.145. The molecule has 0 spiro atoms. The van der Waals surface area contributed by atoms with Crippen LogP contribution in [0.2, 0.25) is 0 Å². The third kappa shape index (κ3) is 7.67. The molecule has 1 aromatic rings. The quantitative estimate of drug-likeness (QED) is 0.443. The number of aliphatic hydroxyl groups excluding tert-OH is 2. The van der Waals surface area contributed by atoms with Gasteiger partial charge in [0.2, 0.25) is 0 Å². The minimum Gasteiger partial charge on any atom is -0.466 e. The van der Waals surface area contributed by atoms with E-state index in [0.717, 1.165) is 17.6 Å². The Hall–Kier alpha value is -2.70. The first kappa shape index (κ1) is 25.9. The molecule has 0 amide bonds. The summed E-state index contributed by atoms with van der Waals surface area (Å²) < 4.78 is 10.8. The topological polar surface area (TPSA) is 93.1 Å². The van der Waals surface area contributed by atoms with Gasteiger partial charge in [0, 0.05) is 18.8 Å². The Balaban J connectivity index is 1.40. The van der Waals surface area contributed by atoms with Gasteiger partial charge in [-0.15, -0.1) is 0 Å². The SMILES string of the molecule is CC(C)CCC(=O)OCCC(O)C(O)CCCC1=CC2OC(=O)C(c3ccccc3)=CC2C=C1. The molecule has 1 aliphatic carbocycles. The van der Waals surface area contributed by atoms with Crippen molar-refractivity contribution in [3.8, 4) is 0 Å². The van der Waals surface area contributed by atoms with Gasteiger partial charge >= 0.3 is 11.9 Å². The monoisotopic (exact) mass is 468 g/mol. The second kappa shape index (κ2) is 12.7. The van der Waals surface area contributed by atoms with Crippen LogP contribution in [0.15, 0.2) is 60.2 Å². The fourth-order valence-electron chi connectivity index (χ4n) is 4.10. The highest BCUT2D eigenvalue weighted by molar-refractivity contribution is 6.17. The molecular formula is C28H36O6. The normalized spacial score (nSPS) is 21.3. The van der Waals surface area contributed by atoms with Crippen LogP contribution in [0.3, 0.4) is 0 Å². The molecule has 0 bridgehead atoms. The molecule has 0 radical (unpaired) electrons. The van der Waals surface area contributed by atoms with Gasteiger partial charge in [-0.1, -0.05) is 62.4 Å². The van der Waals surface area contributed by atoms with Crippen molar-refractivity contribution in [1.82, 2.24) is 0 Å². The Morgan fingerprint density at radius 1 is 1.06 bits per heavy atom. The van der Waals surface area contributed by atoms with E-state index >= 15 is 0 Å². The Morgan fingerprint density at radius 2 is 1.79 bits per heavy atom. The van der Waals surface area contributed by atoms with Gasteiger partial charge in [0.25, 0.3) is 0 Å². The summed E-state index contributed by atoms with van der Waals surface area (Å²) >= 11 is 0. The highest BCUT2D eigenvalue weighted by atomic mass is 16.5. The van der Waals surface area contributed by atoms with Crippen LogP contribution in [-0.4, -0.2) is 47.1 Å². The van der Waals surface area contributed by atoms with Crippen molar-refractivity contribution in [2.45, 2.75) is 70.7 Å². The maximum Gasteiger partial charge on any atom is 0.339 e. The average molecular weight is 469 g/mol. The van der Waals surface area contributed by atoms with Crippen LogP contribution in [0.4, 0.5) is 0 Å². The van der Waals surface area contributed by atoms with Crippen molar-refractivity contribution in [3.05, 3.63) is 65.8 Å². The average Bonchev–Trinajstić information content (AvgIpc) is 2.82. The number of benzene rings is 1. The van der Waals surface area contributed by atoms with E-state index in [1.54, 1.807) is 0 Å². The van der Waals surface area contributed by atoms with Gasteiger partial charge in [-0.05, 0) is 48.8 Å². The fraction of sp³-hybridized carbons (Fsp3) is 0.500. The number of aliphatic hydroxyl groups is 2. The molecule has 1 aliphatic heterocycles. The van der Waals surface area contributed by atoms with Crippen LogP contribution >= 0.6 is 0 Å². The summed E-state index contributed by atoms with van der Waals surface area (Å²) in [5, 5.41) is 20.4. The zero-order valence-corrected chi connectivity index (χ0v) is 20.1. The summed E-state index contributed by atoms with van der Waals surface area (Å²) in [5.41, 5.74) is 2.49. The molecule has 1 heterocycles. The molecule has 2 N–H and O–H groups in total. The number of hydrogen-bond donors (Lipinski definition) is 2. The summed E-state index contributed by atoms with van der Waals surface area (Å²) in [6, 6.07) is 9.51. The van der Waals surface area contributed by atoms with E-state index in [0.29, 0.717) is 37.2 Å². The fourth-order valence-corrected chi connectivity index (χ4v) is 4.10. The zero-order chi connectivity index (χ0) is 24.5. The van der Waals surface area contributed by atoms with Gasteiger partial charge in [0.15, 0.2) is 0 Å². The van der Waals surface area contributed by atoms with Crippen LogP contribution in [0, 0.1) is 11.8 Å². The van der Waals surface area contributed by atoms with E-state index in [9.17, 15) is 19.8 Å². The first-order valence-electron chi connectivity index (χ1n) is 12.2. The van der Waals surface area contributed by atoms with E-state index in [1.165, 1.54) is 0 Å². The van der Waals surface area contributed by atoms with Gasteiger partial charge in [0.05, 0.1) is 24.4 Å². The minimum atomic E-state index is -0.931. The van der Waals surface area contributed by atoms with Gasteiger partial charge < -0.3 is 19.7 Å². The van der Waals surface area contributed by atoms with Crippen LogP contribution in [0.1, 0.15) is 57.9 Å².